The van der Waals surface area contributed by atoms with Crippen LogP contribution in [-0.4, -0.2) is 35.9 Å². The molecule has 0 saturated carbocycles. The van der Waals surface area contributed by atoms with Crippen molar-refractivity contribution in [1.82, 2.24) is 0 Å². The van der Waals surface area contributed by atoms with E-state index in [1.165, 1.54) is 0 Å². The van der Waals surface area contributed by atoms with Crippen molar-refractivity contribution >= 4 is 11.8 Å². The molecule has 2 heterocycles. The Kier molecular flexibility index (Phi) is 4.54. The molecule has 2 unspecified atom stereocenters. The molecule has 0 amide bonds. The lowest BCUT2D eigenvalue weighted by molar-refractivity contribution is -0.146. The molecule has 2 saturated heterocycles. The van der Waals surface area contributed by atoms with Crippen molar-refractivity contribution in [2.24, 2.45) is 17.1 Å². The van der Waals surface area contributed by atoms with Gasteiger partial charge in [-0.2, -0.15) is 11.8 Å². The Balaban J connectivity index is 2.16. The molecule has 0 bridgehead atoms. The first-order valence-corrected chi connectivity index (χ1v) is 8.59. The van der Waals surface area contributed by atoms with E-state index in [0.717, 1.165) is 37.2 Å². The number of nitrogens with two attached hydrogens (primary N) is 1. The van der Waals surface area contributed by atoms with Crippen LogP contribution in [0.4, 0.5) is 4.39 Å². The molecule has 2 fully saturated rings. The molecule has 0 aromatic heterocycles. The summed E-state index contributed by atoms with van der Waals surface area (Å²) in [5.74, 6) is 2.32. The van der Waals surface area contributed by atoms with Gasteiger partial charge in [-0.1, -0.05) is 20.8 Å². The van der Waals surface area contributed by atoms with Crippen molar-refractivity contribution in [2.75, 3.05) is 24.7 Å². The Morgan fingerprint density at radius 2 is 1.95 bits per heavy atom. The smallest absolute Gasteiger partial charge is 0.130 e. The number of thioether (sulfide) groups is 1. The zero-order valence-electron chi connectivity index (χ0n) is 12.5. The highest BCUT2D eigenvalue weighted by atomic mass is 32.2. The van der Waals surface area contributed by atoms with E-state index in [2.05, 4.69) is 0 Å². The van der Waals surface area contributed by atoms with Crippen LogP contribution in [0.2, 0.25) is 0 Å². The van der Waals surface area contributed by atoms with E-state index in [-0.39, 0.29) is 18.1 Å². The number of hydrogen-bond donors (Lipinski definition) is 1. The fourth-order valence-corrected chi connectivity index (χ4v) is 4.83. The number of halogens is 1. The molecule has 0 aromatic rings. The molecule has 2 atom stereocenters. The van der Waals surface area contributed by atoms with E-state index in [0.29, 0.717) is 6.61 Å². The average Bonchev–Trinajstić information content (AvgIpc) is 2.37. The predicted molar refractivity (Wildman–Crippen MR) is 80.3 cm³/mol. The molecule has 4 heteroatoms. The standard InChI is InChI=1S/C15H28FNOS/c1-13(2,3)15(16,11-17)12-4-7-18-14(10-12)5-8-19-9-6-14/h12H,4-11,17H2,1-3H3. The van der Waals surface area contributed by atoms with Crippen molar-refractivity contribution in [3.63, 3.8) is 0 Å². The second-order valence-electron chi connectivity index (χ2n) is 7.15. The van der Waals surface area contributed by atoms with Crippen LogP contribution in [-0.2, 0) is 4.74 Å². The predicted octanol–water partition coefficient (Wildman–Crippen LogP) is 3.39. The van der Waals surface area contributed by atoms with E-state index in [4.69, 9.17) is 10.5 Å². The van der Waals surface area contributed by atoms with Crippen molar-refractivity contribution in [3.8, 4) is 0 Å². The third-order valence-corrected chi connectivity index (χ3v) is 6.07. The Hall–Kier alpha value is 0.200. The normalized spacial score (nSPS) is 31.1. The highest BCUT2D eigenvalue weighted by Gasteiger charge is 2.52. The SMILES string of the molecule is CC(C)(C)C(F)(CN)C1CCOC2(CCSCC2)C1. The lowest BCUT2D eigenvalue weighted by Crippen LogP contribution is -2.56. The maximum Gasteiger partial charge on any atom is 0.130 e. The number of hydrogen-bond acceptors (Lipinski definition) is 3. The monoisotopic (exact) mass is 289 g/mol. The minimum atomic E-state index is -1.28. The summed E-state index contributed by atoms with van der Waals surface area (Å²) in [7, 11) is 0. The van der Waals surface area contributed by atoms with Gasteiger partial charge in [-0.3, -0.25) is 0 Å². The lowest BCUT2D eigenvalue weighted by atomic mass is 9.65. The zero-order valence-corrected chi connectivity index (χ0v) is 13.3. The molecule has 2 aliphatic heterocycles. The van der Waals surface area contributed by atoms with Gasteiger partial charge in [0.05, 0.1) is 5.60 Å². The molecule has 2 N–H and O–H groups in total. The molecular formula is C15H28FNOS. The topological polar surface area (TPSA) is 35.2 Å². The lowest BCUT2D eigenvalue weighted by Gasteiger charge is -2.50. The molecule has 112 valence electrons. The van der Waals surface area contributed by atoms with Gasteiger partial charge in [-0.25, -0.2) is 4.39 Å². The highest BCUT2D eigenvalue weighted by Crippen LogP contribution is 2.49. The Labute approximate surface area is 121 Å². The summed E-state index contributed by atoms with van der Waals surface area (Å²) in [6.07, 6.45) is 3.79. The fraction of sp³-hybridized carbons (Fsp3) is 1.00. The third-order valence-electron chi connectivity index (χ3n) is 5.09. The fourth-order valence-electron chi connectivity index (χ4n) is 3.60. The molecule has 2 rings (SSSR count). The quantitative estimate of drug-likeness (QED) is 0.846. The summed E-state index contributed by atoms with van der Waals surface area (Å²) in [5.41, 5.74) is 4.07. The van der Waals surface area contributed by atoms with Crippen molar-refractivity contribution in [3.05, 3.63) is 0 Å². The molecule has 2 nitrogen and oxygen atoms in total. The Bertz CT molecular complexity index is 306. The minimum Gasteiger partial charge on any atom is -0.375 e. The van der Waals surface area contributed by atoms with E-state index in [1.807, 2.05) is 32.5 Å². The van der Waals surface area contributed by atoms with E-state index >= 15 is 4.39 Å². The Morgan fingerprint density at radius 3 is 2.47 bits per heavy atom. The molecule has 0 aliphatic carbocycles. The van der Waals surface area contributed by atoms with Gasteiger partial charge in [-0.05, 0) is 48.5 Å². The number of rotatable bonds is 2. The van der Waals surface area contributed by atoms with Crippen LogP contribution >= 0.6 is 11.8 Å². The van der Waals surface area contributed by atoms with Gasteiger partial charge in [0.1, 0.15) is 5.67 Å². The average molecular weight is 289 g/mol. The van der Waals surface area contributed by atoms with Gasteiger partial charge in [-0.15, -0.1) is 0 Å². The first-order chi connectivity index (χ1) is 8.83. The third kappa shape index (κ3) is 2.96. The van der Waals surface area contributed by atoms with Gasteiger partial charge in [0.25, 0.3) is 0 Å². The maximum atomic E-state index is 15.5. The van der Waals surface area contributed by atoms with Crippen LogP contribution in [0.25, 0.3) is 0 Å². The van der Waals surface area contributed by atoms with Gasteiger partial charge in [0, 0.05) is 13.2 Å². The maximum absolute atomic E-state index is 15.5. The second-order valence-corrected chi connectivity index (χ2v) is 8.37. The van der Waals surface area contributed by atoms with Gasteiger partial charge >= 0.3 is 0 Å². The summed E-state index contributed by atoms with van der Waals surface area (Å²) in [5, 5.41) is 0. The highest BCUT2D eigenvalue weighted by molar-refractivity contribution is 7.99. The van der Waals surface area contributed by atoms with Crippen LogP contribution < -0.4 is 5.73 Å². The van der Waals surface area contributed by atoms with E-state index < -0.39 is 11.1 Å². The molecule has 1 spiro atoms. The molecule has 2 aliphatic rings. The number of ether oxygens (including phenoxy) is 1. The largest absolute Gasteiger partial charge is 0.375 e. The first-order valence-electron chi connectivity index (χ1n) is 7.44. The van der Waals surface area contributed by atoms with Crippen LogP contribution in [0.3, 0.4) is 0 Å². The van der Waals surface area contributed by atoms with Crippen LogP contribution in [0.15, 0.2) is 0 Å². The van der Waals surface area contributed by atoms with E-state index in [9.17, 15) is 0 Å². The summed E-state index contributed by atoms with van der Waals surface area (Å²) < 4.78 is 21.5. The first kappa shape index (κ1) is 15.6. The molecule has 19 heavy (non-hydrogen) atoms. The van der Waals surface area contributed by atoms with Crippen LogP contribution in [0, 0.1) is 11.3 Å². The van der Waals surface area contributed by atoms with Gasteiger partial charge in [0.2, 0.25) is 0 Å². The van der Waals surface area contributed by atoms with E-state index in [1.54, 1.807) is 0 Å². The van der Waals surface area contributed by atoms with Gasteiger partial charge in [0.15, 0.2) is 0 Å². The summed E-state index contributed by atoms with van der Waals surface area (Å²) in [6, 6.07) is 0. The number of alkyl halides is 1. The molecule has 0 aromatic carbocycles. The Morgan fingerprint density at radius 1 is 1.32 bits per heavy atom. The summed E-state index contributed by atoms with van der Waals surface area (Å²) in [4.78, 5) is 0. The van der Waals surface area contributed by atoms with Gasteiger partial charge < -0.3 is 10.5 Å². The summed E-state index contributed by atoms with van der Waals surface area (Å²) in [6.45, 7) is 6.72. The zero-order chi connectivity index (χ0) is 14.1. The molecule has 0 radical (unpaired) electrons. The van der Waals surface area contributed by atoms with Crippen molar-refractivity contribution < 1.29 is 9.13 Å². The van der Waals surface area contributed by atoms with Crippen LogP contribution in [0.5, 0.6) is 0 Å². The minimum absolute atomic E-state index is 0.0364. The second kappa shape index (κ2) is 5.53. The van der Waals surface area contributed by atoms with Crippen molar-refractivity contribution in [2.45, 2.75) is 57.7 Å². The van der Waals surface area contributed by atoms with Crippen molar-refractivity contribution in [1.29, 1.82) is 0 Å². The summed E-state index contributed by atoms with van der Waals surface area (Å²) >= 11 is 1.98. The van der Waals surface area contributed by atoms with Crippen LogP contribution in [0.1, 0.15) is 46.5 Å². The molecular weight excluding hydrogens is 261 g/mol.